The van der Waals surface area contributed by atoms with E-state index in [1.807, 2.05) is 0 Å². The van der Waals surface area contributed by atoms with Gasteiger partial charge in [0.15, 0.2) is 0 Å². The molecule has 0 atom stereocenters. The lowest BCUT2D eigenvalue weighted by Crippen LogP contribution is -1.90. The molecule has 1 aromatic carbocycles. The molecular formula is C6H6ClO5P. The van der Waals surface area contributed by atoms with Gasteiger partial charge in [-0.1, -0.05) is 11.6 Å². The molecule has 3 N–H and O–H groups in total. The van der Waals surface area contributed by atoms with E-state index in [1.54, 1.807) is 0 Å². The standard InChI is InChI=1S/C6H6ClO5P/c7-5-3-4(8)1-2-6(5)12-13(9,10)11/h1-3,8H,(H2,9,10,11). The zero-order valence-electron chi connectivity index (χ0n) is 6.22. The molecule has 7 heteroatoms. The first-order chi connectivity index (χ1) is 5.88. The lowest BCUT2D eigenvalue weighted by atomic mass is 10.3. The predicted octanol–water partition coefficient (Wildman–Crippen LogP) is 1.52. The summed E-state index contributed by atoms with van der Waals surface area (Å²) in [6.07, 6.45) is 0. The fourth-order valence-electron chi connectivity index (χ4n) is 0.692. The van der Waals surface area contributed by atoms with Gasteiger partial charge < -0.3 is 9.63 Å². The van der Waals surface area contributed by atoms with Crippen molar-refractivity contribution in [3.05, 3.63) is 23.2 Å². The van der Waals surface area contributed by atoms with Crippen LogP contribution in [0, 0.1) is 0 Å². The third kappa shape index (κ3) is 3.24. The SMILES string of the molecule is O=P(O)(O)Oc1ccc(O)cc1Cl. The number of phenols is 1. The molecule has 0 saturated heterocycles. The Morgan fingerprint density at radius 1 is 1.38 bits per heavy atom. The van der Waals surface area contributed by atoms with Gasteiger partial charge in [-0.05, 0) is 12.1 Å². The summed E-state index contributed by atoms with van der Waals surface area (Å²) in [6.45, 7) is 0. The molecule has 1 aromatic rings. The first-order valence-corrected chi connectivity index (χ1v) is 5.03. The van der Waals surface area contributed by atoms with Gasteiger partial charge in [0, 0.05) is 6.07 Å². The predicted molar refractivity (Wildman–Crippen MR) is 45.8 cm³/mol. The van der Waals surface area contributed by atoms with Crippen molar-refractivity contribution in [1.29, 1.82) is 0 Å². The summed E-state index contributed by atoms with van der Waals surface area (Å²) in [7, 11) is -4.60. The van der Waals surface area contributed by atoms with E-state index in [0.29, 0.717) is 0 Å². The minimum absolute atomic E-state index is 0.0664. The molecule has 0 aliphatic heterocycles. The first kappa shape index (κ1) is 10.3. The molecule has 0 aliphatic rings. The molecule has 72 valence electrons. The van der Waals surface area contributed by atoms with Crippen LogP contribution in [0.15, 0.2) is 18.2 Å². The Bertz CT molecular complexity index is 360. The molecule has 0 spiro atoms. The Morgan fingerprint density at radius 3 is 2.46 bits per heavy atom. The van der Waals surface area contributed by atoms with Crippen LogP contribution in [0.2, 0.25) is 5.02 Å². The smallest absolute Gasteiger partial charge is 0.508 e. The summed E-state index contributed by atoms with van der Waals surface area (Å²) in [5.41, 5.74) is 0. The quantitative estimate of drug-likeness (QED) is 0.663. The number of phosphoric ester groups is 1. The number of halogens is 1. The van der Waals surface area contributed by atoms with Crippen LogP contribution < -0.4 is 4.52 Å². The Labute approximate surface area is 78.8 Å². The number of hydrogen-bond acceptors (Lipinski definition) is 3. The Hall–Kier alpha value is -0.740. The van der Waals surface area contributed by atoms with Crippen LogP contribution in [0.3, 0.4) is 0 Å². The van der Waals surface area contributed by atoms with Gasteiger partial charge in [-0.25, -0.2) is 4.57 Å². The molecule has 0 fully saturated rings. The van der Waals surface area contributed by atoms with Crippen molar-refractivity contribution in [1.82, 2.24) is 0 Å². The van der Waals surface area contributed by atoms with Gasteiger partial charge in [0.05, 0.1) is 5.02 Å². The van der Waals surface area contributed by atoms with Crippen LogP contribution in [0.5, 0.6) is 11.5 Å². The molecule has 0 radical (unpaired) electrons. The molecule has 0 heterocycles. The average Bonchev–Trinajstić information content (AvgIpc) is 1.93. The van der Waals surface area contributed by atoms with Gasteiger partial charge >= 0.3 is 7.82 Å². The van der Waals surface area contributed by atoms with Gasteiger partial charge in [0.25, 0.3) is 0 Å². The highest BCUT2D eigenvalue weighted by Crippen LogP contribution is 2.41. The zero-order valence-corrected chi connectivity index (χ0v) is 7.87. The van der Waals surface area contributed by atoms with Crippen molar-refractivity contribution >= 4 is 19.4 Å². The Morgan fingerprint density at radius 2 is 2.00 bits per heavy atom. The second kappa shape index (κ2) is 3.55. The summed E-state index contributed by atoms with van der Waals surface area (Å²) in [5, 5.41) is 8.84. The molecule has 5 nitrogen and oxygen atoms in total. The van der Waals surface area contributed by atoms with Crippen LogP contribution in [0.1, 0.15) is 0 Å². The number of hydrogen-bond donors (Lipinski definition) is 3. The fraction of sp³-hybridized carbons (Fsp3) is 0. The van der Waals surface area contributed by atoms with Crippen molar-refractivity contribution in [2.45, 2.75) is 0 Å². The van der Waals surface area contributed by atoms with Gasteiger partial charge in [-0.3, -0.25) is 9.79 Å². The normalized spacial score (nSPS) is 11.3. The minimum Gasteiger partial charge on any atom is -0.508 e. The summed E-state index contributed by atoms with van der Waals surface area (Å²) in [6, 6.07) is 3.49. The van der Waals surface area contributed by atoms with Crippen molar-refractivity contribution < 1.29 is 24.0 Å². The minimum atomic E-state index is -4.60. The van der Waals surface area contributed by atoms with Crippen LogP contribution in [-0.4, -0.2) is 14.9 Å². The van der Waals surface area contributed by atoms with Gasteiger partial charge in [-0.2, -0.15) is 0 Å². The summed E-state index contributed by atoms with van der Waals surface area (Å²) >= 11 is 5.51. The van der Waals surface area contributed by atoms with E-state index >= 15 is 0 Å². The van der Waals surface area contributed by atoms with E-state index in [1.165, 1.54) is 6.07 Å². The molecule has 0 saturated carbocycles. The molecular weight excluding hydrogens is 218 g/mol. The Balaban J connectivity index is 2.97. The highest BCUT2D eigenvalue weighted by atomic mass is 35.5. The number of rotatable bonds is 2. The van der Waals surface area contributed by atoms with Crippen molar-refractivity contribution in [3.63, 3.8) is 0 Å². The molecule has 0 unspecified atom stereocenters. The number of aromatic hydroxyl groups is 1. The van der Waals surface area contributed by atoms with Crippen LogP contribution in [0.25, 0.3) is 0 Å². The van der Waals surface area contributed by atoms with Crippen LogP contribution >= 0.6 is 19.4 Å². The van der Waals surface area contributed by atoms with Crippen molar-refractivity contribution in [2.24, 2.45) is 0 Å². The highest BCUT2D eigenvalue weighted by molar-refractivity contribution is 7.46. The summed E-state index contributed by atoms with van der Waals surface area (Å²) in [5.74, 6) is -0.282. The van der Waals surface area contributed by atoms with Gasteiger partial charge in [-0.15, -0.1) is 0 Å². The highest BCUT2D eigenvalue weighted by Gasteiger charge is 2.17. The van der Waals surface area contributed by atoms with Gasteiger partial charge in [0.1, 0.15) is 11.5 Å². The van der Waals surface area contributed by atoms with E-state index in [2.05, 4.69) is 4.52 Å². The number of benzene rings is 1. The van der Waals surface area contributed by atoms with Crippen LogP contribution in [-0.2, 0) is 4.57 Å². The maximum Gasteiger partial charge on any atom is 0.524 e. The monoisotopic (exact) mass is 224 g/mol. The number of phosphoric acid groups is 1. The lowest BCUT2D eigenvalue weighted by molar-refractivity contribution is 0.283. The zero-order chi connectivity index (χ0) is 10.1. The summed E-state index contributed by atoms with van der Waals surface area (Å²) < 4.78 is 14.6. The lowest BCUT2D eigenvalue weighted by Gasteiger charge is -2.07. The molecule has 0 bridgehead atoms. The molecule has 0 aliphatic carbocycles. The number of phenolic OH excluding ortho intramolecular Hbond substituents is 1. The van der Waals surface area contributed by atoms with Crippen molar-refractivity contribution in [2.75, 3.05) is 0 Å². The van der Waals surface area contributed by atoms with Crippen LogP contribution in [0.4, 0.5) is 0 Å². The van der Waals surface area contributed by atoms with E-state index in [9.17, 15) is 4.57 Å². The second-order valence-electron chi connectivity index (χ2n) is 2.20. The molecule has 1 rings (SSSR count). The maximum atomic E-state index is 10.4. The average molecular weight is 225 g/mol. The van der Waals surface area contributed by atoms with E-state index in [-0.39, 0.29) is 16.5 Å². The largest absolute Gasteiger partial charge is 0.524 e. The fourth-order valence-corrected chi connectivity index (χ4v) is 1.37. The van der Waals surface area contributed by atoms with E-state index in [4.69, 9.17) is 26.5 Å². The van der Waals surface area contributed by atoms with Crippen molar-refractivity contribution in [3.8, 4) is 11.5 Å². The maximum absolute atomic E-state index is 10.4. The summed E-state index contributed by atoms with van der Waals surface area (Å²) in [4.78, 5) is 16.9. The first-order valence-electron chi connectivity index (χ1n) is 3.12. The van der Waals surface area contributed by atoms with E-state index < -0.39 is 7.82 Å². The van der Waals surface area contributed by atoms with E-state index in [0.717, 1.165) is 12.1 Å². The third-order valence-corrected chi connectivity index (χ3v) is 1.86. The topological polar surface area (TPSA) is 87.0 Å². The second-order valence-corrected chi connectivity index (χ2v) is 3.77. The third-order valence-electron chi connectivity index (χ3n) is 1.13. The van der Waals surface area contributed by atoms with Gasteiger partial charge in [0.2, 0.25) is 0 Å². The molecule has 0 amide bonds. The molecule has 13 heavy (non-hydrogen) atoms. The molecule has 0 aromatic heterocycles. The Kier molecular flexibility index (Phi) is 2.83.